The minimum absolute atomic E-state index is 0.111. The second kappa shape index (κ2) is 5.47. The van der Waals surface area contributed by atoms with E-state index in [0.29, 0.717) is 31.9 Å². The van der Waals surface area contributed by atoms with Crippen molar-refractivity contribution in [3.05, 3.63) is 35.3 Å². The van der Waals surface area contributed by atoms with E-state index in [9.17, 15) is 13.6 Å². The summed E-state index contributed by atoms with van der Waals surface area (Å²) in [5.74, 6) is -3.99. The van der Waals surface area contributed by atoms with Gasteiger partial charge in [0.2, 0.25) is 0 Å². The smallest absolute Gasteiger partial charge is 0.358 e. The van der Waals surface area contributed by atoms with Crippen molar-refractivity contribution in [1.29, 1.82) is 0 Å². The molecular formula is C16H17F2N5O2. The molecule has 2 aromatic rings. The van der Waals surface area contributed by atoms with Gasteiger partial charge in [-0.1, -0.05) is 18.2 Å². The summed E-state index contributed by atoms with van der Waals surface area (Å²) in [5, 5.41) is 16.3. The number of carbonyl (C=O) groups is 1. The van der Waals surface area contributed by atoms with Gasteiger partial charge in [-0.15, -0.1) is 5.10 Å². The zero-order chi connectivity index (χ0) is 17.8. The van der Waals surface area contributed by atoms with E-state index in [4.69, 9.17) is 5.11 Å². The van der Waals surface area contributed by atoms with E-state index in [2.05, 4.69) is 15.3 Å². The maximum atomic E-state index is 13.3. The van der Waals surface area contributed by atoms with Crippen LogP contribution in [0.5, 0.6) is 0 Å². The van der Waals surface area contributed by atoms with Crippen LogP contribution in [0, 0.1) is 11.8 Å². The standard InChI is InChI=1S/C16H17F2N5O2/c1-2-12-9(5-23-8-13(15(24)25)20-21-23)3-4-14(19-12)22-6-10-11(7-22)16(10,17)18/h3-4,8,10-11H,2,5-7H2,1H3,(H,24,25). The lowest BCUT2D eigenvalue weighted by Crippen LogP contribution is -2.28. The van der Waals surface area contributed by atoms with E-state index in [1.54, 1.807) is 0 Å². The van der Waals surface area contributed by atoms with Crippen LogP contribution in [0.1, 0.15) is 28.7 Å². The Kier molecular flexibility index (Phi) is 3.48. The van der Waals surface area contributed by atoms with Crippen LogP contribution in [0.2, 0.25) is 0 Å². The highest BCUT2D eigenvalue weighted by atomic mass is 19.3. The maximum absolute atomic E-state index is 13.3. The molecule has 1 N–H and O–H groups in total. The number of hydrogen-bond acceptors (Lipinski definition) is 5. The van der Waals surface area contributed by atoms with Crippen LogP contribution in [0.3, 0.4) is 0 Å². The Hall–Kier alpha value is -2.58. The fourth-order valence-corrected chi connectivity index (χ4v) is 3.49. The Balaban J connectivity index is 1.51. The van der Waals surface area contributed by atoms with Gasteiger partial charge < -0.3 is 10.0 Å². The molecule has 2 atom stereocenters. The van der Waals surface area contributed by atoms with E-state index < -0.39 is 23.7 Å². The first kappa shape index (κ1) is 15.9. The molecular weight excluding hydrogens is 332 g/mol. The third-order valence-corrected chi connectivity index (χ3v) is 5.00. The quantitative estimate of drug-likeness (QED) is 0.884. The number of rotatable bonds is 5. The molecule has 2 aliphatic rings. The van der Waals surface area contributed by atoms with Crippen molar-refractivity contribution in [1.82, 2.24) is 20.0 Å². The van der Waals surface area contributed by atoms with E-state index in [0.717, 1.165) is 11.3 Å². The number of carboxylic acid groups (broad SMARTS) is 1. The second-order valence-electron chi connectivity index (χ2n) is 6.53. The zero-order valence-corrected chi connectivity index (χ0v) is 13.6. The van der Waals surface area contributed by atoms with Crippen LogP contribution in [0.15, 0.2) is 18.3 Å². The number of carboxylic acids is 1. The molecule has 4 rings (SSSR count). The first-order valence-corrected chi connectivity index (χ1v) is 8.15. The highest BCUT2D eigenvalue weighted by molar-refractivity contribution is 5.84. The van der Waals surface area contributed by atoms with Gasteiger partial charge in [0, 0.05) is 18.8 Å². The molecule has 1 saturated heterocycles. The first-order valence-electron chi connectivity index (χ1n) is 8.15. The number of aryl methyl sites for hydroxylation is 1. The van der Waals surface area contributed by atoms with Crippen molar-refractivity contribution in [2.75, 3.05) is 18.0 Å². The van der Waals surface area contributed by atoms with Crippen molar-refractivity contribution >= 4 is 11.8 Å². The monoisotopic (exact) mass is 349 g/mol. The summed E-state index contributed by atoms with van der Waals surface area (Å²) in [6.07, 6.45) is 2.05. The lowest BCUT2D eigenvalue weighted by atomic mass is 10.1. The summed E-state index contributed by atoms with van der Waals surface area (Å²) >= 11 is 0. The molecule has 2 unspecified atom stereocenters. The van der Waals surface area contributed by atoms with Gasteiger partial charge in [0.05, 0.1) is 24.6 Å². The normalized spacial score (nSPS) is 23.6. The van der Waals surface area contributed by atoms with E-state index >= 15 is 0 Å². The summed E-state index contributed by atoms with van der Waals surface area (Å²) in [5.41, 5.74) is 1.64. The predicted molar refractivity (Wildman–Crippen MR) is 83.8 cm³/mol. The molecule has 7 nitrogen and oxygen atoms in total. The summed E-state index contributed by atoms with van der Waals surface area (Å²) in [6, 6.07) is 3.72. The average molecular weight is 349 g/mol. The average Bonchev–Trinajstić information content (AvgIpc) is 3.05. The number of aromatic carboxylic acids is 1. The predicted octanol–water partition coefficient (Wildman–Crippen LogP) is 1.68. The molecule has 0 aromatic carbocycles. The van der Waals surface area contributed by atoms with Crippen LogP contribution in [-0.4, -0.2) is 50.1 Å². The highest BCUT2D eigenvalue weighted by Crippen LogP contribution is 2.59. The van der Waals surface area contributed by atoms with E-state index in [-0.39, 0.29) is 5.69 Å². The molecule has 9 heteroatoms. The second-order valence-corrected chi connectivity index (χ2v) is 6.53. The molecule has 3 heterocycles. The third kappa shape index (κ3) is 2.63. The van der Waals surface area contributed by atoms with Crippen LogP contribution in [-0.2, 0) is 13.0 Å². The zero-order valence-electron chi connectivity index (χ0n) is 13.6. The number of hydrogen-bond donors (Lipinski definition) is 1. The molecule has 25 heavy (non-hydrogen) atoms. The number of halogens is 2. The molecule has 0 bridgehead atoms. The number of nitrogens with zero attached hydrogens (tertiary/aromatic N) is 5. The van der Waals surface area contributed by atoms with Crippen LogP contribution in [0.25, 0.3) is 0 Å². The van der Waals surface area contributed by atoms with Gasteiger partial charge in [0.15, 0.2) is 5.69 Å². The molecule has 1 aliphatic carbocycles. The number of anilines is 1. The fourth-order valence-electron chi connectivity index (χ4n) is 3.49. The Bertz CT molecular complexity index is 824. The van der Waals surface area contributed by atoms with Crippen molar-refractivity contribution in [2.45, 2.75) is 25.8 Å². The van der Waals surface area contributed by atoms with Gasteiger partial charge in [0.1, 0.15) is 5.82 Å². The number of piperidine rings is 1. The first-order chi connectivity index (χ1) is 11.9. The largest absolute Gasteiger partial charge is 0.476 e. The summed E-state index contributed by atoms with van der Waals surface area (Å²) in [4.78, 5) is 17.4. The van der Waals surface area contributed by atoms with Crippen molar-refractivity contribution < 1.29 is 18.7 Å². The van der Waals surface area contributed by atoms with Crippen LogP contribution < -0.4 is 4.90 Å². The molecule has 2 fully saturated rings. The highest BCUT2D eigenvalue weighted by Gasteiger charge is 2.71. The van der Waals surface area contributed by atoms with E-state index in [1.807, 2.05) is 24.0 Å². The summed E-state index contributed by atoms with van der Waals surface area (Å²) in [6.45, 7) is 3.02. The van der Waals surface area contributed by atoms with Crippen molar-refractivity contribution in [3.63, 3.8) is 0 Å². The van der Waals surface area contributed by atoms with Crippen LogP contribution >= 0.6 is 0 Å². The summed E-state index contributed by atoms with van der Waals surface area (Å²) in [7, 11) is 0. The molecule has 1 aliphatic heterocycles. The molecule has 0 radical (unpaired) electrons. The fraction of sp³-hybridized carbons (Fsp3) is 0.500. The minimum Gasteiger partial charge on any atom is -0.476 e. The van der Waals surface area contributed by atoms with Gasteiger partial charge in [-0.25, -0.2) is 23.2 Å². The molecule has 1 saturated carbocycles. The maximum Gasteiger partial charge on any atom is 0.358 e. The molecule has 0 spiro atoms. The van der Waals surface area contributed by atoms with Gasteiger partial charge in [-0.3, -0.25) is 0 Å². The Morgan fingerprint density at radius 1 is 1.36 bits per heavy atom. The Morgan fingerprint density at radius 2 is 2.08 bits per heavy atom. The Labute approximate surface area is 142 Å². The van der Waals surface area contributed by atoms with Crippen LogP contribution in [0.4, 0.5) is 14.6 Å². The lowest BCUT2D eigenvalue weighted by Gasteiger charge is -2.22. The SMILES string of the molecule is CCc1nc(N2CC3C(C2)C3(F)F)ccc1Cn1cc(C(=O)O)nn1. The molecule has 132 valence electrons. The minimum atomic E-state index is -2.50. The van der Waals surface area contributed by atoms with Crippen molar-refractivity contribution in [2.24, 2.45) is 11.8 Å². The number of fused-ring (bicyclic) bond motifs is 1. The molecule has 0 amide bonds. The number of alkyl halides is 2. The van der Waals surface area contributed by atoms with Gasteiger partial charge in [0.25, 0.3) is 5.92 Å². The molecule has 2 aromatic heterocycles. The third-order valence-electron chi connectivity index (χ3n) is 5.00. The summed E-state index contributed by atoms with van der Waals surface area (Å²) < 4.78 is 28.1. The van der Waals surface area contributed by atoms with Gasteiger partial charge in [-0.2, -0.15) is 0 Å². The van der Waals surface area contributed by atoms with E-state index in [1.165, 1.54) is 10.9 Å². The van der Waals surface area contributed by atoms with Gasteiger partial charge in [-0.05, 0) is 18.1 Å². The topological polar surface area (TPSA) is 84.1 Å². The number of aromatic nitrogens is 4. The van der Waals surface area contributed by atoms with Crippen molar-refractivity contribution in [3.8, 4) is 0 Å². The lowest BCUT2D eigenvalue weighted by molar-refractivity contribution is 0.0689. The number of pyridine rings is 1. The Morgan fingerprint density at radius 3 is 2.68 bits per heavy atom. The van der Waals surface area contributed by atoms with Gasteiger partial charge >= 0.3 is 5.97 Å².